The lowest BCUT2D eigenvalue weighted by Gasteiger charge is -2.39. The number of hydrogen-bond acceptors (Lipinski definition) is 0. The monoisotopic (exact) mass is 1270 g/mol. The Hall–Kier alpha value is -10.5. The summed E-state index contributed by atoms with van der Waals surface area (Å²) in [5.74, 6) is 1.22. The highest BCUT2D eigenvalue weighted by atomic mass is 15.0. The van der Waals surface area contributed by atoms with Gasteiger partial charge in [0, 0.05) is 43.8 Å². The fourth-order valence-electron chi connectivity index (χ4n) is 20.0. The number of rotatable bonds is 10. The minimum atomic E-state index is -0.111. The van der Waals surface area contributed by atoms with Crippen molar-refractivity contribution in [2.24, 2.45) is 11.8 Å². The zero-order valence-corrected chi connectivity index (χ0v) is 57.2. The second-order valence-corrected chi connectivity index (χ2v) is 30.6. The molecule has 476 valence electrons. The zero-order chi connectivity index (χ0) is 65.8. The van der Waals surface area contributed by atoms with E-state index in [9.17, 15) is 0 Å². The van der Waals surface area contributed by atoms with Crippen LogP contribution in [0.2, 0.25) is 0 Å². The molecule has 2 aromatic heterocycles. The van der Waals surface area contributed by atoms with E-state index in [4.69, 9.17) is 0 Å². The fourth-order valence-corrected chi connectivity index (χ4v) is 20.0. The molecule has 16 aromatic rings. The molecule has 4 aliphatic rings. The topological polar surface area (TPSA) is 9.86 Å². The van der Waals surface area contributed by atoms with Gasteiger partial charge in [0.15, 0.2) is 0 Å². The van der Waals surface area contributed by atoms with Crippen molar-refractivity contribution >= 4 is 99.0 Å². The van der Waals surface area contributed by atoms with Gasteiger partial charge in [-0.3, -0.25) is 0 Å². The van der Waals surface area contributed by atoms with Gasteiger partial charge in [-0.2, -0.15) is 0 Å². The summed E-state index contributed by atoms with van der Waals surface area (Å²) in [5, 5.41) is 13.3. The third-order valence-corrected chi connectivity index (χ3v) is 24.9. The van der Waals surface area contributed by atoms with E-state index in [1.807, 2.05) is 0 Å². The molecule has 0 amide bonds. The molecule has 0 atom stereocenters. The van der Waals surface area contributed by atoms with E-state index < -0.39 is 0 Å². The number of aromatic nitrogens is 2. The van der Waals surface area contributed by atoms with Gasteiger partial charge in [0.05, 0.1) is 16.6 Å². The number of hydrogen-bond donors (Lipinski definition) is 0. The highest BCUT2D eigenvalue weighted by Crippen LogP contribution is 2.58. The second kappa shape index (κ2) is 22.5. The van der Waals surface area contributed by atoms with Gasteiger partial charge in [-0.1, -0.05) is 303 Å². The first-order valence-electron chi connectivity index (χ1n) is 36.8. The highest BCUT2D eigenvalue weighted by molar-refractivity contribution is 7.00. The maximum atomic E-state index is 2.80. The van der Waals surface area contributed by atoms with E-state index >= 15 is 0 Å². The molecule has 0 unspecified atom stereocenters. The molecule has 0 N–H and O–H groups in total. The van der Waals surface area contributed by atoms with Crippen LogP contribution in [0.4, 0.5) is 0 Å². The van der Waals surface area contributed by atoms with Crippen molar-refractivity contribution < 1.29 is 0 Å². The van der Waals surface area contributed by atoms with Crippen LogP contribution in [0.25, 0.3) is 154 Å². The number of para-hydroxylation sites is 1. The predicted molar refractivity (Wildman–Crippen MR) is 424 cm³/mol. The molecule has 14 aromatic carbocycles. The van der Waals surface area contributed by atoms with E-state index in [1.165, 1.54) is 246 Å². The average molecular weight is 1270 g/mol. The zero-order valence-electron chi connectivity index (χ0n) is 57.2. The molecule has 2 fully saturated rings. The Bertz CT molecular complexity index is 5860. The van der Waals surface area contributed by atoms with Crippen LogP contribution in [-0.4, -0.2) is 15.8 Å². The molecule has 20 rings (SSSR count). The molecule has 0 bridgehead atoms. The van der Waals surface area contributed by atoms with Crippen molar-refractivity contribution in [1.82, 2.24) is 9.13 Å². The fraction of sp³-hybridized carbons (Fsp3) is 0.188. The van der Waals surface area contributed by atoms with E-state index in [0.29, 0.717) is 11.8 Å². The first-order valence-corrected chi connectivity index (χ1v) is 36.8. The van der Waals surface area contributed by atoms with Gasteiger partial charge in [-0.05, 0) is 206 Å². The molecule has 4 heterocycles. The van der Waals surface area contributed by atoms with Gasteiger partial charge >= 0.3 is 0 Å². The molecular formula is C96H79BN2. The number of fused-ring (bicyclic) bond motifs is 17. The Morgan fingerprint density at radius 2 is 0.657 bits per heavy atom. The van der Waals surface area contributed by atoms with Crippen LogP contribution in [0.5, 0.6) is 0 Å². The van der Waals surface area contributed by atoms with Crippen LogP contribution >= 0.6 is 0 Å². The third kappa shape index (κ3) is 8.68. The Morgan fingerprint density at radius 3 is 1.15 bits per heavy atom. The van der Waals surface area contributed by atoms with E-state index in [-0.39, 0.29) is 17.5 Å². The first-order chi connectivity index (χ1) is 48.7. The molecule has 2 aliphatic heterocycles. The Labute approximate surface area is 581 Å². The molecule has 0 saturated heterocycles. The summed E-state index contributed by atoms with van der Waals surface area (Å²) in [6, 6.07) is 106. The van der Waals surface area contributed by atoms with Crippen LogP contribution in [0.3, 0.4) is 0 Å². The summed E-state index contributed by atoms with van der Waals surface area (Å²) >= 11 is 0. The van der Waals surface area contributed by atoms with Gasteiger partial charge in [0.25, 0.3) is 6.71 Å². The van der Waals surface area contributed by atoms with E-state index in [2.05, 4.69) is 310 Å². The summed E-state index contributed by atoms with van der Waals surface area (Å²) in [6.45, 7) is 10.2. The van der Waals surface area contributed by atoms with Gasteiger partial charge in [-0.15, -0.1) is 0 Å². The van der Waals surface area contributed by atoms with Crippen LogP contribution in [0.1, 0.15) is 103 Å². The summed E-state index contributed by atoms with van der Waals surface area (Å²) in [7, 11) is 0. The maximum Gasteiger partial charge on any atom is 0.252 e. The van der Waals surface area contributed by atoms with Gasteiger partial charge < -0.3 is 9.13 Å². The lowest BCUT2D eigenvalue weighted by atomic mass is 9.34. The van der Waals surface area contributed by atoms with Crippen LogP contribution in [0, 0.1) is 11.8 Å². The first kappa shape index (κ1) is 58.7. The minimum absolute atomic E-state index is 0.00344. The van der Waals surface area contributed by atoms with E-state index in [1.54, 1.807) is 0 Å². The summed E-state index contributed by atoms with van der Waals surface area (Å²) in [5.41, 5.74) is 29.1. The Kier molecular flexibility index (Phi) is 13.4. The Balaban J connectivity index is 1.02. The SMILES string of the molecule is CC(C)(c1ccc2c(c1)c1cc(C(C)(C)C3CCCCC3)cc3c1n2-c1cc(-c2c(-c4ccccc4)c(-c4ccccc4)c(-c4ccccc4)c(-c4ccccc4)c2-c2ccccc2)cc2c1B3c1cc3c4ccccc4c4ccccc4c3c3c4ccccc4n-2c13)C1CCCCC1. The predicted octanol–water partition coefficient (Wildman–Crippen LogP) is 24.2. The van der Waals surface area contributed by atoms with Crippen molar-refractivity contribution in [2.45, 2.75) is 103 Å². The van der Waals surface area contributed by atoms with Crippen LogP contribution in [-0.2, 0) is 10.8 Å². The van der Waals surface area contributed by atoms with Crippen molar-refractivity contribution in [3.63, 3.8) is 0 Å². The van der Waals surface area contributed by atoms with Crippen molar-refractivity contribution in [1.29, 1.82) is 0 Å². The third-order valence-electron chi connectivity index (χ3n) is 24.9. The standard InChI is InChI=1S/C96H79BN2/c1-95(2,66-42-22-10-23-43-66)68-52-53-81-75(56-68)77-57-69(96(3,4)67-44-24-11-25-45-67)58-78-93(77)98(81)82-54-65(55-83-92(82)97(78)79-59-76-72-48-27-26-46-70(72)71-47-28-29-49-73(71)90(76)91-74-50-30-31-51-80(74)99(83)94(79)91)89-87(63-38-18-8-19-39-63)85(61-34-14-6-15-35-61)84(60-32-12-5-13-33-60)86(62-36-16-7-17-37-62)88(89)64-40-20-9-21-41-64/h5-9,12-21,26-41,46-59,66-67H,10-11,22-25,42-45H2,1-4H3. The summed E-state index contributed by atoms with van der Waals surface area (Å²) in [6.07, 6.45) is 13.1. The number of benzene rings is 14. The largest absolute Gasteiger partial charge is 0.310 e. The van der Waals surface area contributed by atoms with Crippen LogP contribution < -0.4 is 16.4 Å². The van der Waals surface area contributed by atoms with Gasteiger partial charge in [0.2, 0.25) is 0 Å². The second-order valence-electron chi connectivity index (χ2n) is 30.6. The molecule has 3 heteroatoms. The highest BCUT2D eigenvalue weighted by Gasteiger charge is 2.45. The summed E-state index contributed by atoms with van der Waals surface area (Å²) in [4.78, 5) is 0. The quantitative estimate of drug-likeness (QED) is 0.0954. The average Bonchev–Trinajstić information content (AvgIpc) is 1.56. The maximum absolute atomic E-state index is 2.80. The van der Waals surface area contributed by atoms with Crippen molar-refractivity contribution in [2.75, 3.05) is 0 Å². The van der Waals surface area contributed by atoms with Crippen molar-refractivity contribution in [3.05, 3.63) is 284 Å². The van der Waals surface area contributed by atoms with Gasteiger partial charge in [0.1, 0.15) is 0 Å². The van der Waals surface area contributed by atoms with Crippen molar-refractivity contribution in [3.8, 4) is 78.1 Å². The Morgan fingerprint density at radius 1 is 0.283 bits per heavy atom. The lowest BCUT2D eigenvalue weighted by Crippen LogP contribution is -2.59. The van der Waals surface area contributed by atoms with E-state index in [0.717, 1.165) is 0 Å². The molecule has 2 saturated carbocycles. The normalized spacial score (nSPS) is 15.0. The molecule has 0 radical (unpaired) electrons. The molecular weight excluding hydrogens is 1190 g/mol. The number of nitrogens with zero attached hydrogens (tertiary/aromatic N) is 2. The van der Waals surface area contributed by atoms with Crippen LogP contribution in [0.15, 0.2) is 273 Å². The summed E-state index contributed by atoms with van der Waals surface area (Å²) < 4.78 is 5.56. The minimum Gasteiger partial charge on any atom is -0.310 e. The smallest absolute Gasteiger partial charge is 0.252 e. The molecule has 2 nitrogen and oxygen atoms in total. The molecule has 0 spiro atoms. The van der Waals surface area contributed by atoms with Gasteiger partial charge in [-0.25, -0.2) is 0 Å². The molecule has 2 aliphatic carbocycles. The molecule has 99 heavy (non-hydrogen) atoms. The lowest BCUT2D eigenvalue weighted by molar-refractivity contribution is 0.236.